The summed E-state index contributed by atoms with van der Waals surface area (Å²) in [4.78, 5) is 18.1. The van der Waals surface area contributed by atoms with Crippen LogP contribution in [0.15, 0.2) is 0 Å². The van der Waals surface area contributed by atoms with E-state index in [1.807, 2.05) is 13.8 Å². The smallest absolute Gasteiger partial charge is 0.293 e. The van der Waals surface area contributed by atoms with Gasteiger partial charge < -0.3 is 15.4 Å². The first-order valence-electron chi connectivity index (χ1n) is 6.15. The lowest BCUT2D eigenvalue weighted by Crippen LogP contribution is -2.48. The molecule has 2 heterocycles. The first kappa shape index (κ1) is 13.0. The molecule has 7 heteroatoms. The molecule has 1 aromatic rings. The maximum atomic E-state index is 12.2. The van der Waals surface area contributed by atoms with Crippen LogP contribution in [0.2, 0.25) is 0 Å². The number of hydrogen-bond donors (Lipinski definition) is 2. The minimum Gasteiger partial charge on any atom is -0.373 e. The van der Waals surface area contributed by atoms with E-state index in [1.165, 1.54) is 0 Å². The van der Waals surface area contributed by atoms with Crippen molar-refractivity contribution < 1.29 is 9.53 Å². The van der Waals surface area contributed by atoms with Gasteiger partial charge in [0.25, 0.3) is 5.91 Å². The van der Waals surface area contributed by atoms with E-state index in [9.17, 15) is 4.79 Å². The number of nitrogens with one attached hydrogen (secondary N) is 1. The van der Waals surface area contributed by atoms with Gasteiger partial charge in [-0.25, -0.2) is 4.98 Å². The number of ether oxygens (including phenoxy) is 1. The molecule has 0 radical (unpaired) electrons. The number of morpholine rings is 1. The van der Waals surface area contributed by atoms with Crippen LogP contribution in [0.1, 0.15) is 36.2 Å². The van der Waals surface area contributed by atoms with Crippen molar-refractivity contribution in [3.05, 3.63) is 11.6 Å². The van der Waals surface area contributed by atoms with Gasteiger partial charge in [-0.15, -0.1) is 5.10 Å². The summed E-state index contributed by atoms with van der Waals surface area (Å²) in [5.41, 5.74) is 5.55. The summed E-state index contributed by atoms with van der Waals surface area (Å²) in [6, 6.07) is 0. The van der Waals surface area contributed by atoms with E-state index in [1.54, 1.807) is 4.90 Å². The van der Waals surface area contributed by atoms with Crippen molar-refractivity contribution >= 4 is 5.91 Å². The van der Waals surface area contributed by atoms with Crippen LogP contribution in [-0.2, 0) is 4.74 Å². The molecule has 0 aliphatic carbocycles. The Morgan fingerprint density at radius 2 is 2.44 bits per heavy atom. The quantitative estimate of drug-likeness (QED) is 0.772. The van der Waals surface area contributed by atoms with Crippen molar-refractivity contribution in [2.75, 3.05) is 26.2 Å². The predicted octanol–water partition coefficient (Wildman–Crippen LogP) is -0.272. The SMILES string of the molecule is CC(C)c1nc(C(=O)N2CCOC(CN)C2)n[nH]1. The van der Waals surface area contributed by atoms with Gasteiger partial charge in [0.2, 0.25) is 5.82 Å². The summed E-state index contributed by atoms with van der Waals surface area (Å²) in [6.45, 7) is 5.97. The molecule has 7 nitrogen and oxygen atoms in total. The minimum atomic E-state index is -0.167. The molecule has 1 fully saturated rings. The van der Waals surface area contributed by atoms with Crippen LogP contribution in [0.5, 0.6) is 0 Å². The monoisotopic (exact) mass is 253 g/mol. The van der Waals surface area contributed by atoms with Crippen LogP contribution >= 0.6 is 0 Å². The summed E-state index contributed by atoms with van der Waals surface area (Å²) in [6.07, 6.45) is -0.0915. The Morgan fingerprint density at radius 1 is 1.67 bits per heavy atom. The molecule has 1 aliphatic rings. The molecule has 0 aromatic carbocycles. The van der Waals surface area contributed by atoms with Gasteiger partial charge >= 0.3 is 0 Å². The Hall–Kier alpha value is -1.47. The summed E-state index contributed by atoms with van der Waals surface area (Å²) < 4.78 is 5.42. The van der Waals surface area contributed by atoms with E-state index in [-0.39, 0.29) is 23.8 Å². The summed E-state index contributed by atoms with van der Waals surface area (Å²) in [5.74, 6) is 0.999. The Bertz CT molecular complexity index is 417. The molecule has 1 atom stereocenters. The fourth-order valence-electron chi connectivity index (χ4n) is 1.82. The number of amides is 1. The van der Waals surface area contributed by atoms with Gasteiger partial charge in [-0.05, 0) is 0 Å². The summed E-state index contributed by atoms with van der Waals surface area (Å²) in [5, 5.41) is 6.75. The molecule has 1 aromatic heterocycles. The molecule has 1 saturated heterocycles. The summed E-state index contributed by atoms with van der Waals surface area (Å²) >= 11 is 0. The van der Waals surface area contributed by atoms with Gasteiger partial charge in [-0.2, -0.15) is 0 Å². The Morgan fingerprint density at radius 3 is 3.06 bits per heavy atom. The summed E-state index contributed by atoms with van der Waals surface area (Å²) in [7, 11) is 0. The molecule has 3 N–H and O–H groups in total. The van der Waals surface area contributed by atoms with Gasteiger partial charge in [0.15, 0.2) is 0 Å². The van der Waals surface area contributed by atoms with Crippen molar-refractivity contribution in [3.8, 4) is 0 Å². The molecule has 1 aliphatic heterocycles. The molecule has 0 spiro atoms. The minimum absolute atomic E-state index is 0.0915. The fraction of sp³-hybridized carbons (Fsp3) is 0.727. The molecular formula is C11H19N5O2. The maximum absolute atomic E-state index is 12.2. The number of carbonyl (C=O) groups excluding carboxylic acids is 1. The molecule has 1 amide bonds. The zero-order valence-corrected chi connectivity index (χ0v) is 10.7. The van der Waals surface area contributed by atoms with Gasteiger partial charge in [-0.1, -0.05) is 13.8 Å². The number of rotatable bonds is 3. The Balaban J connectivity index is 2.05. The van der Waals surface area contributed by atoms with E-state index in [0.29, 0.717) is 26.2 Å². The third kappa shape index (κ3) is 2.68. The predicted molar refractivity (Wildman–Crippen MR) is 65.2 cm³/mol. The highest BCUT2D eigenvalue weighted by Gasteiger charge is 2.26. The number of aromatic nitrogens is 3. The average molecular weight is 253 g/mol. The normalized spacial score (nSPS) is 20.4. The van der Waals surface area contributed by atoms with Crippen LogP contribution in [0, 0.1) is 0 Å². The van der Waals surface area contributed by atoms with Crippen molar-refractivity contribution in [1.82, 2.24) is 20.1 Å². The average Bonchev–Trinajstić information content (AvgIpc) is 2.87. The molecule has 18 heavy (non-hydrogen) atoms. The van der Waals surface area contributed by atoms with Crippen molar-refractivity contribution in [3.63, 3.8) is 0 Å². The van der Waals surface area contributed by atoms with Gasteiger partial charge in [0.1, 0.15) is 5.82 Å². The number of H-pyrrole nitrogens is 1. The van der Waals surface area contributed by atoms with Gasteiger partial charge in [0.05, 0.1) is 12.7 Å². The number of aromatic amines is 1. The molecule has 0 bridgehead atoms. The van der Waals surface area contributed by atoms with Crippen LogP contribution in [0.3, 0.4) is 0 Å². The zero-order chi connectivity index (χ0) is 13.1. The maximum Gasteiger partial charge on any atom is 0.293 e. The molecule has 2 rings (SSSR count). The van der Waals surface area contributed by atoms with Crippen LogP contribution in [0.4, 0.5) is 0 Å². The molecule has 100 valence electrons. The topological polar surface area (TPSA) is 97.1 Å². The number of nitrogens with zero attached hydrogens (tertiary/aromatic N) is 3. The third-order valence-electron chi connectivity index (χ3n) is 2.93. The highest BCUT2D eigenvalue weighted by atomic mass is 16.5. The van der Waals surface area contributed by atoms with Gasteiger partial charge in [0, 0.05) is 25.6 Å². The number of nitrogens with two attached hydrogens (primary N) is 1. The largest absolute Gasteiger partial charge is 0.373 e. The van der Waals surface area contributed by atoms with E-state index < -0.39 is 0 Å². The first-order valence-corrected chi connectivity index (χ1v) is 6.15. The Labute approximate surface area is 106 Å². The second kappa shape index (κ2) is 5.45. The highest BCUT2D eigenvalue weighted by molar-refractivity contribution is 5.90. The van der Waals surface area contributed by atoms with Crippen molar-refractivity contribution in [1.29, 1.82) is 0 Å². The van der Waals surface area contributed by atoms with Crippen molar-refractivity contribution in [2.45, 2.75) is 25.9 Å². The number of carbonyl (C=O) groups is 1. The standard InChI is InChI=1S/C11H19N5O2/c1-7(2)9-13-10(15-14-9)11(17)16-3-4-18-8(5-12)6-16/h7-8H,3-6,12H2,1-2H3,(H,13,14,15). The number of hydrogen-bond acceptors (Lipinski definition) is 5. The second-order valence-electron chi connectivity index (χ2n) is 4.68. The lowest BCUT2D eigenvalue weighted by Gasteiger charge is -2.31. The lowest BCUT2D eigenvalue weighted by molar-refractivity contribution is -0.0171. The first-order chi connectivity index (χ1) is 8.61. The van der Waals surface area contributed by atoms with Gasteiger partial charge in [-0.3, -0.25) is 9.89 Å². The fourth-order valence-corrected chi connectivity index (χ4v) is 1.82. The van der Waals surface area contributed by atoms with E-state index in [2.05, 4.69) is 15.2 Å². The van der Waals surface area contributed by atoms with Crippen LogP contribution in [-0.4, -0.2) is 58.3 Å². The molecule has 0 saturated carbocycles. The van der Waals surface area contributed by atoms with E-state index in [0.717, 1.165) is 5.82 Å². The third-order valence-corrected chi connectivity index (χ3v) is 2.93. The molecule has 1 unspecified atom stereocenters. The van der Waals surface area contributed by atoms with Crippen LogP contribution < -0.4 is 5.73 Å². The second-order valence-corrected chi connectivity index (χ2v) is 4.68. The van der Waals surface area contributed by atoms with Crippen LogP contribution in [0.25, 0.3) is 0 Å². The highest BCUT2D eigenvalue weighted by Crippen LogP contribution is 2.11. The van der Waals surface area contributed by atoms with E-state index in [4.69, 9.17) is 10.5 Å². The van der Waals surface area contributed by atoms with Crippen molar-refractivity contribution in [2.24, 2.45) is 5.73 Å². The zero-order valence-electron chi connectivity index (χ0n) is 10.7. The Kier molecular flexibility index (Phi) is 3.93. The lowest BCUT2D eigenvalue weighted by atomic mass is 10.2. The van der Waals surface area contributed by atoms with E-state index >= 15 is 0 Å². The molecular weight excluding hydrogens is 234 g/mol.